The molecule has 98 valence electrons. The lowest BCUT2D eigenvalue weighted by atomic mass is 9.97. The van der Waals surface area contributed by atoms with Gasteiger partial charge in [-0.1, -0.05) is 13.3 Å². The van der Waals surface area contributed by atoms with Crippen molar-refractivity contribution in [2.24, 2.45) is 5.92 Å². The first-order chi connectivity index (χ1) is 8.19. The van der Waals surface area contributed by atoms with Gasteiger partial charge in [0.2, 0.25) is 5.91 Å². The first kappa shape index (κ1) is 13.8. The monoisotopic (exact) mass is 242 g/mol. The molecule has 0 aromatic carbocycles. The number of unbranched alkanes of at least 4 members (excludes halogenated alkanes) is 1. The fourth-order valence-electron chi connectivity index (χ4n) is 2.02. The molecule has 0 bridgehead atoms. The first-order valence-corrected chi connectivity index (χ1v) is 6.29. The molecule has 0 aromatic rings. The summed E-state index contributed by atoms with van der Waals surface area (Å²) in [4.78, 5) is 24.8. The van der Waals surface area contributed by atoms with Crippen molar-refractivity contribution in [3.05, 3.63) is 0 Å². The van der Waals surface area contributed by atoms with E-state index in [-0.39, 0.29) is 17.9 Å². The van der Waals surface area contributed by atoms with Crippen LogP contribution in [0.1, 0.15) is 32.6 Å². The number of piperidine rings is 1. The Bertz CT molecular complexity index is 268. The van der Waals surface area contributed by atoms with Crippen LogP contribution >= 0.6 is 0 Å². The van der Waals surface area contributed by atoms with Crippen LogP contribution in [0.3, 0.4) is 0 Å². The predicted octanol–water partition coefficient (Wildman–Crippen LogP) is 1.38. The van der Waals surface area contributed by atoms with Gasteiger partial charge in [-0.3, -0.25) is 4.79 Å². The van der Waals surface area contributed by atoms with Crippen LogP contribution < -0.4 is 5.32 Å². The van der Waals surface area contributed by atoms with Crippen LogP contribution in [-0.4, -0.2) is 43.6 Å². The summed E-state index contributed by atoms with van der Waals surface area (Å²) in [5.74, 6) is -0.0215. The summed E-state index contributed by atoms with van der Waals surface area (Å²) in [7, 11) is 1.37. The van der Waals surface area contributed by atoms with Crippen molar-refractivity contribution in [3.8, 4) is 0 Å². The number of ether oxygens (including phenoxy) is 1. The normalized spacial score (nSPS) is 19.9. The molecule has 1 aliphatic heterocycles. The maximum absolute atomic E-state index is 11.8. The van der Waals surface area contributed by atoms with E-state index in [4.69, 9.17) is 0 Å². The molecule has 1 aliphatic rings. The van der Waals surface area contributed by atoms with E-state index in [1.165, 1.54) is 7.11 Å². The molecule has 1 atom stereocenters. The zero-order valence-corrected chi connectivity index (χ0v) is 10.7. The van der Waals surface area contributed by atoms with E-state index in [0.29, 0.717) is 13.1 Å². The van der Waals surface area contributed by atoms with Crippen molar-refractivity contribution in [2.75, 3.05) is 26.7 Å². The molecule has 1 fully saturated rings. The average molecular weight is 242 g/mol. The van der Waals surface area contributed by atoms with Crippen LogP contribution in [0, 0.1) is 5.92 Å². The highest BCUT2D eigenvalue weighted by Gasteiger charge is 2.28. The van der Waals surface area contributed by atoms with E-state index in [1.807, 2.05) is 0 Å². The summed E-state index contributed by atoms with van der Waals surface area (Å²) in [5.41, 5.74) is 0. The molecule has 5 nitrogen and oxygen atoms in total. The minimum absolute atomic E-state index is 0.0621. The number of carbonyl (C=O) groups excluding carboxylic acids is 2. The van der Waals surface area contributed by atoms with Gasteiger partial charge in [0.25, 0.3) is 0 Å². The summed E-state index contributed by atoms with van der Waals surface area (Å²) in [6.45, 7) is 3.98. The molecule has 5 heteroatoms. The van der Waals surface area contributed by atoms with Gasteiger partial charge in [0.05, 0.1) is 13.0 Å². The SMILES string of the molecule is CCCCNC(=O)C1CCCN(C(=O)OC)C1. The lowest BCUT2D eigenvalue weighted by Crippen LogP contribution is -2.45. The number of nitrogens with one attached hydrogen (secondary N) is 1. The molecule has 1 unspecified atom stereocenters. The smallest absolute Gasteiger partial charge is 0.409 e. The number of nitrogens with zero attached hydrogens (tertiary/aromatic N) is 1. The molecular weight excluding hydrogens is 220 g/mol. The van der Waals surface area contributed by atoms with Crippen LogP contribution in [0.15, 0.2) is 0 Å². The minimum atomic E-state index is -0.337. The summed E-state index contributed by atoms with van der Waals surface area (Å²) in [5, 5.41) is 2.91. The van der Waals surface area contributed by atoms with Crippen molar-refractivity contribution in [3.63, 3.8) is 0 Å². The molecule has 2 amide bonds. The second kappa shape index (κ2) is 7.14. The number of carbonyl (C=O) groups is 2. The standard InChI is InChI=1S/C12H22N2O3/c1-3-4-7-13-11(15)10-6-5-8-14(9-10)12(16)17-2/h10H,3-9H2,1-2H3,(H,13,15). The molecule has 0 spiro atoms. The van der Waals surface area contributed by atoms with Gasteiger partial charge in [0.1, 0.15) is 0 Å². The van der Waals surface area contributed by atoms with E-state index in [1.54, 1.807) is 4.90 Å². The maximum Gasteiger partial charge on any atom is 0.409 e. The van der Waals surface area contributed by atoms with E-state index in [0.717, 1.165) is 32.2 Å². The van der Waals surface area contributed by atoms with Gasteiger partial charge in [-0.05, 0) is 19.3 Å². The minimum Gasteiger partial charge on any atom is -0.453 e. The Morgan fingerprint density at radius 3 is 2.88 bits per heavy atom. The predicted molar refractivity (Wildman–Crippen MR) is 64.6 cm³/mol. The Hall–Kier alpha value is -1.26. The second-order valence-corrected chi connectivity index (χ2v) is 4.40. The summed E-state index contributed by atoms with van der Waals surface area (Å²) < 4.78 is 4.67. The van der Waals surface area contributed by atoms with Crippen molar-refractivity contribution < 1.29 is 14.3 Å². The van der Waals surface area contributed by atoms with E-state index in [2.05, 4.69) is 17.0 Å². The van der Waals surface area contributed by atoms with Gasteiger partial charge in [-0.15, -0.1) is 0 Å². The van der Waals surface area contributed by atoms with Crippen molar-refractivity contribution in [2.45, 2.75) is 32.6 Å². The van der Waals surface area contributed by atoms with E-state index < -0.39 is 0 Å². The van der Waals surface area contributed by atoms with Gasteiger partial charge in [0, 0.05) is 19.6 Å². The van der Waals surface area contributed by atoms with Gasteiger partial charge in [-0.2, -0.15) is 0 Å². The van der Waals surface area contributed by atoms with Crippen LogP contribution in [0.25, 0.3) is 0 Å². The molecule has 1 heterocycles. The highest BCUT2D eigenvalue weighted by atomic mass is 16.5. The number of hydrogen-bond donors (Lipinski definition) is 1. The highest BCUT2D eigenvalue weighted by molar-refractivity contribution is 5.79. The fourth-order valence-corrected chi connectivity index (χ4v) is 2.02. The quantitative estimate of drug-likeness (QED) is 0.758. The van der Waals surface area contributed by atoms with Gasteiger partial charge in [-0.25, -0.2) is 4.79 Å². The van der Waals surface area contributed by atoms with Crippen molar-refractivity contribution >= 4 is 12.0 Å². The number of likely N-dealkylation sites (tertiary alicyclic amines) is 1. The zero-order valence-electron chi connectivity index (χ0n) is 10.7. The third kappa shape index (κ3) is 4.24. The van der Waals surface area contributed by atoms with Gasteiger partial charge >= 0.3 is 6.09 Å². The summed E-state index contributed by atoms with van der Waals surface area (Å²) >= 11 is 0. The molecular formula is C12H22N2O3. The molecule has 0 aliphatic carbocycles. The Balaban J connectivity index is 2.37. The zero-order chi connectivity index (χ0) is 12.7. The topological polar surface area (TPSA) is 58.6 Å². The fraction of sp³-hybridized carbons (Fsp3) is 0.833. The molecule has 0 radical (unpaired) electrons. The first-order valence-electron chi connectivity index (χ1n) is 6.29. The second-order valence-electron chi connectivity index (χ2n) is 4.40. The van der Waals surface area contributed by atoms with E-state index in [9.17, 15) is 9.59 Å². The molecule has 17 heavy (non-hydrogen) atoms. The van der Waals surface area contributed by atoms with Crippen LogP contribution in [0.2, 0.25) is 0 Å². The van der Waals surface area contributed by atoms with Crippen LogP contribution in [-0.2, 0) is 9.53 Å². The van der Waals surface area contributed by atoms with Crippen LogP contribution in [0.4, 0.5) is 4.79 Å². The average Bonchev–Trinajstić information content (AvgIpc) is 2.38. The highest BCUT2D eigenvalue weighted by Crippen LogP contribution is 2.17. The van der Waals surface area contributed by atoms with Crippen LogP contribution in [0.5, 0.6) is 0 Å². The Labute approximate surface area is 102 Å². The lowest BCUT2D eigenvalue weighted by Gasteiger charge is -2.30. The number of amides is 2. The molecule has 0 saturated carbocycles. The Morgan fingerprint density at radius 1 is 1.47 bits per heavy atom. The summed E-state index contributed by atoms with van der Waals surface area (Å²) in [6, 6.07) is 0. The summed E-state index contributed by atoms with van der Waals surface area (Å²) in [6.07, 6.45) is 3.45. The molecule has 1 saturated heterocycles. The maximum atomic E-state index is 11.8. The van der Waals surface area contributed by atoms with Crippen molar-refractivity contribution in [1.82, 2.24) is 10.2 Å². The molecule has 0 aromatic heterocycles. The third-order valence-electron chi connectivity index (χ3n) is 3.05. The number of hydrogen-bond acceptors (Lipinski definition) is 3. The molecule has 1 rings (SSSR count). The Kier molecular flexibility index (Phi) is 5.80. The van der Waals surface area contributed by atoms with Gasteiger partial charge in [0.15, 0.2) is 0 Å². The molecule has 1 N–H and O–H groups in total. The van der Waals surface area contributed by atoms with Crippen molar-refractivity contribution in [1.29, 1.82) is 0 Å². The van der Waals surface area contributed by atoms with E-state index >= 15 is 0 Å². The van der Waals surface area contributed by atoms with Gasteiger partial charge < -0.3 is 15.0 Å². The number of methoxy groups -OCH3 is 1. The Morgan fingerprint density at radius 2 is 2.24 bits per heavy atom. The number of rotatable bonds is 4. The third-order valence-corrected chi connectivity index (χ3v) is 3.05. The largest absolute Gasteiger partial charge is 0.453 e. The lowest BCUT2D eigenvalue weighted by molar-refractivity contribution is -0.126.